The van der Waals surface area contributed by atoms with Crippen molar-refractivity contribution in [3.8, 4) is 11.4 Å². The second kappa shape index (κ2) is 9.25. The van der Waals surface area contributed by atoms with Crippen LogP contribution in [0.25, 0.3) is 11.4 Å². The molecule has 27 heavy (non-hydrogen) atoms. The number of tetrazole rings is 1. The molecule has 1 heterocycles. The number of para-hydroxylation sites is 1. The fourth-order valence-corrected chi connectivity index (χ4v) is 3.23. The summed E-state index contributed by atoms with van der Waals surface area (Å²) in [4.78, 5) is 25.5. The summed E-state index contributed by atoms with van der Waals surface area (Å²) >= 11 is 0. The molecule has 2 amide bonds. The van der Waals surface area contributed by atoms with Crippen molar-refractivity contribution in [2.75, 3.05) is 5.32 Å². The molecule has 0 spiro atoms. The van der Waals surface area contributed by atoms with E-state index in [2.05, 4.69) is 26.0 Å². The highest BCUT2D eigenvalue weighted by molar-refractivity contribution is 5.94. The van der Waals surface area contributed by atoms with Crippen LogP contribution in [0.5, 0.6) is 0 Å². The lowest BCUT2D eigenvalue weighted by Crippen LogP contribution is -2.35. The van der Waals surface area contributed by atoms with Crippen molar-refractivity contribution in [2.45, 2.75) is 64.5 Å². The van der Waals surface area contributed by atoms with Gasteiger partial charge in [-0.25, -0.2) is 0 Å². The van der Waals surface area contributed by atoms with Gasteiger partial charge in [0.2, 0.25) is 17.6 Å². The van der Waals surface area contributed by atoms with Crippen molar-refractivity contribution in [2.24, 2.45) is 0 Å². The van der Waals surface area contributed by atoms with Gasteiger partial charge >= 0.3 is 0 Å². The number of nitrogens with zero attached hydrogens (tertiary/aromatic N) is 4. The average molecular weight is 370 g/mol. The Labute approximate surface area is 158 Å². The molecule has 1 saturated carbocycles. The van der Waals surface area contributed by atoms with E-state index < -0.39 is 0 Å². The second-order valence-corrected chi connectivity index (χ2v) is 6.89. The summed E-state index contributed by atoms with van der Waals surface area (Å²) in [6.45, 7) is 2.08. The van der Waals surface area contributed by atoms with E-state index in [1.54, 1.807) is 0 Å². The molecule has 8 nitrogen and oxygen atoms in total. The third-order valence-electron chi connectivity index (χ3n) is 4.66. The molecule has 0 bridgehead atoms. The smallest absolute Gasteiger partial charge is 0.243 e. The lowest BCUT2D eigenvalue weighted by molar-refractivity contribution is -0.122. The van der Waals surface area contributed by atoms with Crippen LogP contribution in [0.2, 0.25) is 0 Å². The van der Waals surface area contributed by atoms with Gasteiger partial charge in [-0.2, -0.15) is 4.80 Å². The maximum atomic E-state index is 12.1. The summed E-state index contributed by atoms with van der Waals surface area (Å²) in [7, 11) is 0. The van der Waals surface area contributed by atoms with Gasteiger partial charge in [0.05, 0.1) is 5.69 Å². The molecule has 1 aliphatic carbocycles. The Kier molecular flexibility index (Phi) is 6.51. The van der Waals surface area contributed by atoms with E-state index in [9.17, 15) is 9.59 Å². The zero-order valence-corrected chi connectivity index (χ0v) is 15.6. The highest BCUT2D eigenvalue weighted by Gasteiger charge is 2.18. The van der Waals surface area contributed by atoms with Crippen molar-refractivity contribution in [3.05, 3.63) is 24.3 Å². The van der Waals surface area contributed by atoms with Gasteiger partial charge in [0.15, 0.2) is 0 Å². The molecule has 0 unspecified atom stereocenters. The first kappa shape index (κ1) is 19.0. The Morgan fingerprint density at radius 3 is 2.74 bits per heavy atom. The third kappa shape index (κ3) is 5.35. The minimum Gasteiger partial charge on any atom is -0.352 e. The average Bonchev–Trinajstić information content (AvgIpc) is 3.32. The van der Waals surface area contributed by atoms with Gasteiger partial charge in [-0.05, 0) is 36.6 Å². The van der Waals surface area contributed by atoms with Gasteiger partial charge in [0.25, 0.3) is 0 Å². The number of anilines is 1. The number of hydrogen-bond donors (Lipinski definition) is 2. The fourth-order valence-electron chi connectivity index (χ4n) is 3.23. The maximum Gasteiger partial charge on any atom is 0.243 e. The molecule has 1 aliphatic rings. The minimum absolute atomic E-state index is 0.0346. The summed E-state index contributed by atoms with van der Waals surface area (Å²) in [5.41, 5.74) is 1.33. The molecule has 8 heteroatoms. The first-order valence-electron chi connectivity index (χ1n) is 9.62. The third-order valence-corrected chi connectivity index (χ3v) is 4.66. The van der Waals surface area contributed by atoms with Crippen LogP contribution in [0.1, 0.15) is 51.9 Å². The van der Waals surface area contributed by atoms with Crippen LogP contribution in [0.4, 0.5) is 5.69 Å². The van der Waals surface area contributed by atoms with Crippen LogP contribution in [0, 0.1) is 0 Å². The van der Waals surface area contributed by atoms with E-state index in [-0.39, 0.29) is 24.4 Å². The summed E-state index contributed by atoms with van der Waals surface area (Å²) in [6, 6.07) is 7.60. The number of rotatable bonds is 8. The minimum atomic E-state index is -0.105. The van der Waals surface area contributed by atoms with Crippen LogP contribution in [-0.2, 0) is 16.1 Å². The monoisotopic (exact) mass is 370 g/mol. The largest absolute Gasteiger partial charge is 0.352 e. The standard InChI is InChI=1S/C19H26N6O2/c1-2-3-12-17(26)21-16-11-7-6-10-15(16)19-22-24-25(23-19)13-18(27)20-14-8-4-5-9-14/h6-7,10-11,14H,2-5,8-9,12-13H2,1H3,(H,20,27)(H,21,26). The van der Waals surface area contributed by atoms with Crippen molar-refractivity contribution in [1.82, 2.24) is 25.5 Å². The van der Waals surface area contributed by atoms with Crippen LogP contribution in [0.3, 0.4) is 0 Å². The normalized spacial score (nSPS) is 14.3. The molecule has 0 atom stereocenters. The predicted octanol–water partition coefficient (Wildman–Crippen LogP) is 2.53. The fraction of sp³-hybridized carbons (Fsp3) is 0.526. The summed E-state index contributed by atoms with van der Waals surface area (Å²) < 4.78 is 0. The van der Waals surface area contributed by atoms with E-state index >= 15 is 0 Å². The lowest BCUT2D eigenvalue weighted by atomic mass is 10.1. The first-order chi connectivity index (χ1) is 13.2. The Morgan fingerprint density at radius 2 is 1.96 bits per heavy atom. The molecule has 0 aliphatic heterocycles. The van der Waals surface area contributed by atoms with Gasteiger partial charge in [0, 0.05) is 18.0 Å². The Hall–Kier alpha value is -2.77. The molecule has 3 rings (SSSR count). The first-order valence-corrected chi connectivity index (χ1v) is 9.62. The lowest BCUT2D eigenvalue weighted by Gasteiger charge is -2.10. The molecule has 144 valence electrons. The molecule has 0 radical (unpaired) electrons. The number of amides is 2. The van der Waals surface area contributed by atoms with Crippen LogP contribution < -0.4 is 10.6 Å². The Balaban J connectivity index is 1.65. The molecule has 1 fully saturated rings. The SMILES string of the molecule is CCCCC(=O)Nc1ccccc1-c1nnn(CC(=O)NC2CCCC2)n1. The van der Waals surface area contributed by atoms with Crippen molar-refractivity contribution < 1.29 is 9.59 Å². The summed E-state index contributed by atoms with van der Waals surface area (Å²) in [5, 5.41) is 18.3. The van der Waals surface area contributed by atoms with Crippen LogP contribution in [0.15, 0.2) is 24.3 Å². The molecule has 0 saturated heterocycles. The predicted molar refractivity (Wildman–Crippen MR) is 102 cm³/mol. The number of benzene rings is 1. The summed E-state index contributed by atoms with van der Waals surface area (Å²) in [5.74, 6) is 0.245. The molecule has 2 N–H and O–H groups in total. The van der Waals surface area contributed by atoms with Crippen molar-refractivity contribution in [1.29, 1.82) is 0 Å². The number of carbonyl (C=O) groups excluding carboxylic acids is 2. The van der Waals surface area contributed by atoms with Crippen molar-refractivity contribution in [3.63, 3.8) is 0 Å². The Morgan fingerprint density at radius 1 is 1.19 bits per heavy atom. The van der Waals surface area contributed by atoms with E-state index in [0.717, 1.165) is 38.5 Å². The van der Waals surface area contributed by atoms with Gasteiger partial charge in [0.1, 0.15) is 6.54 Å². The van der Waals surface area contributed by atoms with Crippen LogP contribution in [-0.4, -0.2) is 38.1 Å². The summed E-state index contributed by atoms with van der Waals surface area (Å²) in [6.07, 6.45) is 6.69. The number of aromatic nitrogens is 4. The zero-order valence-electron chi connectivity index (χ0n) is 15.6. The number of unbranched alkanes of at least 4 members (excludes halogenated alkanes) is 1. The highest BCUT2D eigenvalue weighted by atomic mass is 16.2. The van der Waals surface area contributed by atoms with Gasteiger partial charge in [-0.1, -0.05) is 38.3 Å². The van der Waals surface area contributed by atoms with Crippen molar-refractivity contribution >= 4 is 17.5 Å². The molecule has 1 aromatic heterocycles. The highest BCUT2D eigenvalue weighted by Crippen LogP contribution is 2.24. The van der Waals surface area contributed by atoms with E-state index in [4.69, 9.17) is 0 Å². The van der Waals surface area contributed by atoms with E-state index in [0.29, 0.717) is 23.5 Å². The number of nitrogens with one attached hydrogen (secondary N) is 2. The zero-order chi connectivity index (χ0) is 19.1. The van der Waals surface area contributed by atoms with E-state index in [1.807, 2.05) is 31.2 Å². The Bertz CT molecular complexity index is 782. The molecule has 2 aromatic rings. The topological polar surface area (TPSA) is 102 Å². The van der Waals surface area contributed by atoms with Gasteiger partial charge < -0.3 is 10.6 Å². The maximum absolute atomic E-state index is 12.1. The molecule has 1 aromatic carbocycles. The number of carbonyl (C=O) groups is 2. The second-order valence-electron chi connectivity index (χ2n) is 6.89. The van der Waals surface area contributed by atoms with Gasteiger partial charge in [-0.15, -0.1) is 10.2 Å². The van der Waals surface area contributed by atoms with Gasteiger partial charge in [-0.3, -0.25) is 9.59 Å². The molecular formula is C19H26N6O2. The van der Waals surface area contributed by atoms with Crippen LogP contribution >= 0.6 is 0 Å². The quantitative estimate of drug-likeness (QED) is 0.743. The molecular weight excluding hydrogens is 344 g/mol. The number of hydrogen-bond acceptors (Lipinski definition) is 5. The van der Waals surface area contributed by atoms with E-state index in [1.165, 1.54) is 4.80 Å².